The summed E-state index contributed by atoms with van der Waals surface area (Å²) in [6.45, 7) is 7.46. The van der Waals surface area contributed by atoms with Gasteiger partial charge in [-0.25, -0.2) is 4.98 Å². The predicted molar refractivity (Wildman–Crippen MR) is 79.2 cm³/mol. The number of rotatable bonds is 4. The number of nitrogens with one attached hydrogen (secondary N) is 1. The molecule has 2 aromatic rings. The third-order valence-electron chi connectivity index (χ3n) is 2.72. The quantitative estimate of drug-likeness (QED) is 0.910. The first-order chi connectivity index (χ1) is 8.56. The maximum atomic E-state index is 4.37. The zero-order valence-electron chi connectivity index (χ0n) is 10.9. The van der Waals surface area contributed by atoms with Gasteiger partial charge in [0.2, 0.25) is 5.95 Å². The largest absolute Gasteiger partial charge is 0.325 e. The van der Waals surface area contributed by atoms with Crippen molar-refractivity contribution in [3.63, 3.8) is 0 Å². The van der Waals surface area contributed by atoms with E-state index in [1.54, 1.807) is 0 Å². The Kier molecular flexibility index (Phi) is 4.07. The Hall–Kier alpha value is -1.29. The highest BCUT2D eigenvalue weighted by molar-refractivity contribution is 9.10. The first-order valence-corrected chi connectivity index (χ1v) is 6.90. The smallest absolute Gasteiger partial charge is 0.207 e. The normalized spacial score (nSPS) is 10.9. The lowest BCUT2D eigenvalue weighted by atomic mass is 10.2. The van der Waals surface area contributed by atoms with E-state index in [0.717, 1.165) is 22.7 Å². The summed E-state index contributed by atoms with van der Waals surface area (Å²) in [7, 11) is 0. The Morgan fingerprint density at radius 3 is 2.89 bits per heavy atom. The molecule has 1 N–H and O–H groups in total. The van der Waals surface area contributed by atoms with Crippen LogP contribution in [0.4, 0.5) is 11.6 Å². The van der Waals surface area contributed by atoms with Crippen LogP contribution in [0.25, 0.3) is 0 Å². The monoisotopic (exact) mass is 307 g/mol. The Labute approximate surface area is 116 Å². The molecule has 0 amide bonds. The van der Waals surface area contributed by atoms with Gasteiger partial charge in [-0.15, -0.1) is 0 Å². The lowest BCUT2D eigenvalue weighted by molar-refractivity contribution is 0.527. The second kappa shape index (κ2) is 5.57. The maximum absolute atomic E-state index is 4.37. The van der Waals surface area contributed by atoms with E-state index in [1.165, 1.54) is 5.56 Å². The van der Waals surface area contributed by atoms with E-state index in [9.17, 15) is 0 Å². The summed E-state index contributed by atoms with van der Waals surface area (Å²) in [5.41, 5.74) is 2.29. The molecule has 0 spiro atoms. The Morgan fingerprint density at radius 1 is 1.39 bits per heavy atom. The topological polar surface area (TPSA) is 29.9 Å². The van der Waals surface area contributed by atoms with Crippen molar-refractivity contribution >= 4 is 27.6 Å². The van der Waals surface area contributed by atoms with Crippen molar-refractivity contribution in [1.82, 2.24) is 9.55 Å². The molecule has 0 aliphatic carbocycles. The summed E-state index contributed by atoms with van der Waals surface area (Å²) >= 11 is 3.49. The highest BCUT2D eigenvalue weighted by Crippen LogP contribution is 2.24. The van der Waals surface area contributed by atoms with E-state index in [-0.39, 0.29) is 0 Å². The minimum Gasteiger partial charge on any atom is -0.325 e. The fraction of sp³-hybridized carbons (Fsp3) is 0.357. The highest BCUT2D eigenvalue weighted by atomic mass is 79.9. The van der Waals surface area contributed by atoms with E-state index in [1.807, 2.05) is 18.5 Å². The number of aryl methyl sites for hydroxylation is 1. The number of benzene rings is 1. The van der Waals surface area contributed by atoms with Crippen molar-refractivity contribution in [3.8, 4) is 0 Å². The fourth-order valence-corrected chi connectivity index (χ4v) is 2.18. The standard InChI is InChI=1S/C14H18BrN3/c1-10(2)9-18-7-6-16-14(18)17-13-8-12(15)5-4-11(13)3/h4-8,10H,9H2,1-3H3,(H,16,17). The predicted octanol–water partition coefficient (Wildman–Crippen LogP) is 4.35. The Morgan fingerprint density at radius 2 is 2.17 bits per heavy atom. The van der Waals surface area contributed by atoms with Gasteiger partial charge in [0.15, 0.2) is 0 Å². The highest BCUT2D eigenvalue weighted by Gasteiger charge is 2.06. The molecule has 96 valence electrons. The average molecular weight is 308 g/mol. The van der Waals surface area contributed by atoms with Crippen LogP contribution in [-0.2, 0) is 6.54 Å². The lowest BCUT2D eigenvalue weighted by Crippen LogP contribution is -2.07. The molecule has 18 heavy (non-hydrogen) atoms. The molecule has 0 fully saturated rings. The first kappa shape index (κ1) is 13.1. The van der Waals surface area contributed by atoms with Gasteiger partial charge in [0.1, 0.15) is 0 Å². The van der Waals surface area contributed by atoms with Crippen LogP contribution in [0, 0.1) is 12.8 Å². The van der Waals surface area contributed by atoms with Gasteiger partial charge in [-0.05, 0) is 30.5 Å². The van der Waals surface area contributed by atoms with E-state index in [4.69, 9.17) is 0 Å². The summed E-state index contributed by atoms with van der Waals surface area (Å²) < 4.78 is 3.21. The summed E-state index contributed by atoms with van der Waals surface area (Å²) in [6.07, 6.45) is 3.84. The molecule has 0 aliphatic heterocycles. The molecule has 0 saturated carbocycles. The van der Waals surface area contributed by atoms with Crippen LogP contribution in [-0.4, -0.2) is 9.55 Å². The van der Waals surface area contributed by atoms with Gasteiger partial charge < -0.3 is 9.88 Å². The summed E-state index contributed by atoms with van der Waals surface area (Å²) in [5.74, 6) is 1.49. The van der Waals surface area contributed by atoms with E-state index in [0.29, 0.717) is 5.92 Å². The third kappa shape index (κ3) is 3.13. The van der Waals surface area contributed by atoms with Gasteiger partial charge in [0.25, 0.3) is 0 Å². The second-order valence-electron chi connectivity index (χ2n) is 4.88. The molecule has 1 heterocycles. The second-order valence-corrected chi connectivity index (χ2v) is 5.80. The van der Waals surface area contributed by atoms with Gasteiger partial charge in [0.05, 0.1) is 0 Å². The molecule has 0 radical (unpaired) electrons. The van der Waals surface area contributed by atoms with Crippen LogP contribution in [0.3, 0.4) is 0 Å². The Bertz CT molecular complexity index is 532. The van der Waals surface area contributed by atoms with E-state index < -0.39 is 0 Å². The number of aromatic nitrogens is 2. The van der Waals surface area contributed by atoms with Crippen LogP contribution in [0.2, 0.25) is 0 Å². The zero-order chi connectivity index (χ0) is 13.1. The molecule has 0 saturated heterocycles. The zero-order valence-corrected chi connectivity index (χ0v) is 12.5. The SMILES string of the molecule is Cc1ccc(Br)cc1Nc1nccn1CC(C)C. The number of hydrogen-bond acceptors (Lipinski definition) is 2. The molecule has 0 aliphatic rings. The Balaban J connectivity index is 2.23. The van der Waals surface area contributed by atoms with Crippen LogP contribution >= 0.6 is 15.9 Å². The first-order valence-electron chi connectivity index (χ1n) is 6.10. The summed E-state index contributed by atoms with van der Waals surface area (Å²) in [5, 5.41) is 3.39. The molecule has 0 unspecified atom stereocenters. The van der Waals surface area contributed by atoms with Gasteiger partial charge in [-0.3, -0.25) is 0 Å². The minimum atomic E-state index is 0.600. The van der Waals surface area contributed by atoms with Crippen molar-refractivity contribution in [2.45, 2.75) is 27.3 Å². The van der Waals surface area contributed by atoms with Crippen LogP contribution in [0.1, 0.15) is 19.4 Å². The average Bonchev–Trinajstić information content (AvgIpc) is 2.70. The number of imidazole rings is 1. The summed E-state index contributed by atoms with van der Waals surface area (Å²) in [4.78, 5) is 4.37. The number of halogens is 1. The van der Waals surface area contributed by atoms with Crippen LogP contribution in [0.15, 0.2) is 35.1 Å². The van der Waals surface area contributed by atoms with Crippen LogP contribution in [0.5, 0.6) is 0 Å². The van der Waals surface area contributed by atoms with Crippen molar-refractivity contribution < 1.29 is 0 Å². The molecular formula is C14H18BrN3. The van der Waals surface area contributed by atoms with Gasteiger partial charge in [0, 0.05) is 29.1 Å². The van der Waals surface area contributed by atoms with Crippen molar-refractivity contribution in [1.29, 1.82) is 0 Å². The number of hydrogen-bond donors (Lipinski definition) is 1. The summed E-state index contributed by atoms with van der Waals surface area (Å²) in [6, 6.07) is 6.20. The van der Waals surface area contributed by atoms with Crippen LogP contribution < -0.4 is 5.32 Å². The lowest BCUT2D eigenvalue weighted by Gasteiger charge is -2.13. The van der Waals surface area contributed by atoms with Gasteiger partial charge >= 0.3 is 0 Å². The molecular weight excluding hydrogens is 290 g/mol. The van der Waals surface area contributed by atoms with E-state index >= 15 is 0 Å². The molecule has 1 aromatic carbocycles. The molecule has 1 aromatic heterocycles. The van der Waals surface area contributed by atoms with Crippen molar-refractivity contribution in [3.05, 3.63) is 40.6 Å². The van der Waals surface area contributed by atoms with Gasteiger partial charge in [-0.1, -0.05) is 35.8 Å². The fourth-order valence-electron chi connectivity index (χ4n) is 1.82. The van der Waals surface area contributed by atoms with Crippen molar-refractivity contribution in [2.75, 3.05) is 5.32 Å². The minimum absolute atomic E-state index is 0.600. The van der Waals surface area contributed by atoms with Gasteiger partial charge in [-0.2, -0.15) is 0 Å². The molecule has 4 heteroatoms. The van der Waals surface area contributed by atoms with Crippen molar-refractivity contribution in [2.24, 2.45) is 5.92 Å². The number of anilines is 2. The molecule has 2 rings (SSSR count). The molecule has 3 nitrogen and oxygen atoms in total. The maximum Gasteiger partial charge on any atom is 0.207 e. The van der Waals surface area contributed by atoms with E-state index in [2.05, 4.69) is 63.7 Å². The third-order valence-corrected chi connectivity index (χ3v) is 3.22. The molecule has 0 bridgehead atoms. The number of nitrogens with zero attached hydrogens (tertiary/aromatic N) is 2. The molecule has 0 atom stereocenters.